The van der Waals surface area contributed by atoms with Crippen LogP contribution in [0, 0.1) is 0 Å². The summed E-state index contributed by atoms with van der Waals surface area (Å²) in [6.45, 7) is 1.06. The van der Waals surface area contributed by atoms with Gasteiger partial charge in [-0.1, -0.05) is 36.8 Å². The summed E-state index contributed by atoms with van der Waals surface area (Å²) in [5, 5.41) is 0. The van der Waals surface area contributed by atoms with E-state index in [2.05, 4.69) is 11.9 Å². The molecule has 1 aliphatic heterocycles. The number of ketones is 1. The summed E-state index contributed by atoms with van der Waals surface area (Å²) in [7, 11) is 2.08. The smallest absolute Gasteiger partial charge is 0.187 e. The third kappa shape index (κ3) is 3.19. The van der Waals surface area contributed by atoms with Crippen LogP contribution in [-0.4, -0.2) is 24.3 Å². The van der Waals surface area contributed by atoms with E-state index in [-0.39, 0.29) is 5.78 Å². The Morgan fingerprint density at radius 3 is 2.71 bits per heavy atom. The Bertz CT molecular complexity index is 408. The largest absolute Gasteiger partial charge is 0.378 e. The Morgan fingerprint density at radius 1 is 1.18 bits per heavy atom. The highest BCUT2D eigenvalue weighted by molar-refractivity contribution is 6.04. The second-order valence-electron chi connectivity index (χ2n) is 4.60. The molecule has 0 aromatic heterocycles. The van der Waals surface area contributed by atoms with Gasteiger partial charge in [-0.05, 0) is 19.3 Å². The van der Waals surface area contributed by atoms with Gasteiger partial charge in [-0.15, -0.1) is 0 Å². The van der Waals surface area contributed by atoms with Crippen LogP contribution in [0.15, 0.2) is 42.1 Å². The Balaban J connectivity index is 2.15. The van der Waals surface area contributed by atoms with Crippen LogP contribution in [0.25, 0.3) is 0 Å². The van der Waals surface area contributed by atoms with Gasteiger partial charge in [-0.25, -0.2) is 0 Å². The van der Waals surface area contributed by atoms with Crippen LogP contribution >= 0.6 is 0 Å². The third-order valence-electron chi connectivity index (χ3n) is 3.27. The van der Waals surface area contributed by atoms with Gasteiger partial charge in [-0.2, -0.15) is 0 Å². The quantitative estimate of drug-likeness (QED) is 0.573. The number of allylic oxidation sites excluding steroid dienone is 2. The van der Waals surface area contributed by atoms with Gasteiger partial charge in [0, 0.05) is 30.9 Å². The molecule has 0 unspecified atom stereocenters. The van der Waals surface area contributed by atoms with Crippen molar-refractivity contribution < 1.29 is 4.79 Å². The van der Waals surface area contributed by atoms with Gasteiger partial charge >= 0.3 is 0 Å². The van der Waals surface area contributed by atoms with Crippen LogP contribution in [0.3, 0.4) is 0 Å². The van der Waals surface area contributed by atoms with Gasteiger partial charge in [0.15, 0.2) is 5.78 Å². The van der Waals surface area contributed by atoms with E-state index in [1.807, 2.05) is 30.3 Å². The maximum absolute atomic E-state index is 12.1. The molecule has 0 radical (unpaired) electrons. The summed E-state index contributed by atoms with van der Waals surface area (Å²) in [5.74, 6) is 0.120. The molecule has 0 atom stereocenters. The van der Waals surface area contributed by atoms with Crippen LogP contribution in [0.1, 0.15) is 36.0 Å². The van der Waals surface area contributed by atoms with E-state index < -0.39 is 0 Å². The minimum atomic E-state index is 0.120. The number of likely N-dealkylation sites (tertiary alicyclic amines) is 1. The van der Waals surface area contributed by atoms with Crippen molar-refractivity contribution >= 4 is 5.78 Å². The summed E-state index contributed by atoms with van der Waals surface area (Å²) < 4.78 is 0. The van der Waals surface area contributed by atoms with E-state index in [4.69, 9.17) is 0 Å². The molecule has 1 aliphatic rings. The van der Waals surface area contributed by atoms with Crippen molar-refractivity contribution in [2.45, 2.75) is 25.7 Å². The average molecular weight is 229 g/mol. The summed E-state index contributed by atoms with van der Waals surface area (Å²) in [6.07, 6.45) is 6.52. The van der Waals surface area contributed by atoms with Crippen molar-refractivity contribution in [3.63, 3.8) is 0 Å². The lowest BCUT2D eigenvalue weighted by atomic mass is 10.1. The van der Waals surface area contributed by atoms with E-state index in [1.165, 1.54) is 25.0 Å². The molecule has 0 N–H and O–H groups in total. The Kier molecular flexibility index (Phi) is 3.97. The Hall–Kier alpha value is -1.57. The molecular formula is C15H19NO. The van der Waals surface area contributed by atoms with E-state index in [9.17, 15) is 4.79 Å². The number of rotatable bonds is 2. The topological polar surface area (TPSA) is 20.3 Å². The monoisotopic (exact) mass is 229 g/mol. The molecule has 1 fully saturated rings. The van der Waals surface area contributed by atoms with Gasteiger partial charge in [0.25, 0.3) is 0 Å². The van der Waals surface area contributed by atoms with Crippen molar-refractivity contribution in [1.82, 2.24) is 4.90 Å². The van der Waals surface area contributed by atoms with E-state index >= 15 is 0 Å². The Morgan fingerprint density at radius 2 is 1.94 bits per heavy atom. The predicted molar refractivity (Wildman–Crippen MR) is 70.0 cm³/mol. The molecule has 1 saturated heterocycles. The van der Waals surface area contributed by atoms with Crippen molar-refractivity contribution in [2.75, 3.05) is 13.6 Å². The van der Waals surface area contributed by atoms with Crippen LogP contribution in [0.2, 0.25) is 0 Å². The first-order valence-electron chi connectivity index (χ1n) is 6.28. The minimum absolute atomic E-state index is 0.120. The van der Waals surface area contributed by atoms with Crippen LogP contribution in [0.4, 0.5) is 0 Å². The van der Waals surface area contributed by atoms with Crippen LogP contribution < -0.4 is 0 Å². The number of hydrogen-bond acceptors (Lipinski definition) is 2. The summed E-state index contributed by atoms with van der Waals surface area (Å²) in [6, 6.07) is 9.49. The fourth-order valence-electron chi connectivity index (χ4n) is 2.19. The maximum Gasteiger partial charge on any atom is 0.187 e. The molecule has 1 heterocycles. The molecule has 2 rings (SSSR count). The summed E-state index contributed by atoms with van der Waals surface area (Å²) in [4.78, 5) is 14.3. The van der Waals surface area contributed by atoms with E-state index in [1.54, 1.807) is 6.08 Å². The first-order chi connectivity index (χ1) is 8.27. The van der Waals surface area contributed by atoms with Crippen molar-refractivity contribution in [2.24, 2.45) is 0 Å². The van der Waals surface area contributed by atoms with Crippen LogP contribution in [0.5, 0.6) is 0 Å². The zero-order chi connectivity index (χ0) is 12.1. The summed E-state index contributed by atoms with van der Waals surface area (Å²) in [5.41, 5.74) is 1.95. The number of hydrogen-bond donors (Lipinski definition) is 0. The highest BCUT2D eigenvalue weighted by Gasteiger charge is 2.11. The molecule has 90 valence electrons. The highest BCUT2D eigenvalue weighted by atomic mass is 16.1. The normalized spacial score (nSPS) is 19.1. The molecule has 2 nitrogen and oxygen atoms in total. The minimum Gasteiger partial charge on any atom is -0.378 e. The first-order valence-corrected chi connectivity index (χ1v) is 6.28. The van der Waals surface area contributed by atoms with Gasteiger partial charge < -0.3 is 4.90 Å². The number of benzene rings is 1. The van der Waals surface area contributed by atoms with Crippen molar-refractivity contribution in [1.29, 1.82) is 0 Å². The molecule has 0 aliphatic carbocycles. The van der Waals surface area contributed by atoms with E-state index in [0.29, 0.717) is 0 Å². The van der Waals surface area contributed by atoms with Crippen LogP contribution in [-0.2, 0) is 0 Å². The highest BCUT2D eigenvalue weighted by Crippen LogP contribution is 2.18. The van der Waals surface area contributed by atoms with E-state index in [0.717, 1.165) is 18.5 Å². The number of carbonyl (C=O) groups is 1. The van der Waals surface area contributed by atoms with Crippen molar-refractivity contribution in [3.8, 4) is 0 Å². The lowest BCUT2D eigenvalue weighted by Crippen LogP contribution is -2.18. The molecular weight excluding hydrogens is 210 g/mol. The zero-order valence-electron chi connectivity index (χ0n) is 10.4. The molecule has 0 spiro atoms. The first kappa shape index (κ1) is 11.9. The molecule has 1 aromatic rings. The van der Waals surface area contributed by atoms with Gasteiger partial charge in [0.2, 0.25) is 0 Å². The molecule has 0 saturated carbocycles. The second kappa shape index (κ2) is 5.67. The standard InChI is InChI=1S/C15H19NO/c1-16-11-7-3-6-10-14(16)12-15(17)13-8-4-2-5-9-13/h2,4-5,8-9,12H,3,6-7,10-11H2,1H3/b14-12+. The molecule has 0 bridgehead atoms. The predicted octanol–water partition coefficient (Wildman–Crippen LogP) is 3.26. The van der Waals surface area contributed by atoms with Gasteiger partial charge in [0.05, 0.1) is 0 Å². The lowest BCUT2D eigenvalue weighted by molar-refractivity contribution is 0.104. The lowest BCUT2D eigenvalue weighted by Gasteiger charge is -2.19. The SMILES string of the molecule is CN1CCCCC/C1=C\C(=O)c1ccccc1. The zero-order valence-corrected chi connectivity index (χ0v) is 10.4. The molecule has 0 amide bonds. The average Bonchev–Trinajstić information content (AvgIpc) is 2.56. The molecule has 17 heavy (non-hydrogen) atoms. The van der Waals surface area contributed by atoms with Gasteiger partial charge in [-0.3, -0.25) is 4.79 Å². The van der Waals surface area contributed by atoms with Gasteiger partial charge in [0.1, 0.15) is 0 Å². The molecule has 2 heteroatoms. The number of carbonyl (C=O) groups excluding carboxylic acids is 1. The van der Waals surface area contributed by atoms with Crippen molar-refractivity contribution in [3.05, 3.63) is 47.7 Å². The second-order valence-corrected chi connectivity index (χ2v) is 4.60. The molecule has 1 aromatic carbocycles. The maximum atomic E-state index is 12.1. The fraction of sp³-hybridized carbons (Fsp3) is 0.400. The third-order valence-corrected chi connectivity index (χ3v) is 3.27. The number of nitrogens with zero attached hydrogens (tertiary/aromatic N) is 1. The Labute approximate surface area is 103 Å². The summed E-state index contributed by atoms with van der Waals surface area (Å²) >= 11 is 0. The fourth-order valence-corrected chi connectivity index (χ4v) is 2.19.